The van der Waals surface area contributed by atoms with Crippen molar-refractivity contribution in [3.63, 3.8) is 0 Å². The molecule has 0 radical (unpaired) electrons. The minimum absolute atomic E-state index is 0.329. The second-order valence-corrected chi connectivity index (χ2v) is 21.0. The van der Waals surface area contributed by atoms with Crippen LogP contribution in [0.15, 0.2) is 30.3 Å². The number of ether oxygens (including phenoxy) is 1. The third-order valence-electron chi connectivity index (χ3n) is 5.82. The molecule has 0 unspecified atom stereocenters. The number of nitrogens with zero attached hydrogens (tertiary/aromatic N) is 3. The van der Waals surface area contributed by atoms with Gasteiger partial charge in [0.15, 0.2) is 0 Å². The average molecular weight is 506 g/mol. The van der Waals surface area contributed by atoms with E-state index in [1.807, 2.05) is 6.07 Å². The van der Waals surface area contributed by atoms with Gasteiger partial charge < -0.3 is 0 Å². The summed E-state index contributed by atoms with van der Waals surface area (Å²) in [7, 11) is 1.45. The van der Waals surface area contributed by atoms with Gasteiger partial charge in [-0.3, -0.25) is 0 Å². The third-order valence-corrected chi connectivity index (χ3v) is 21.3. The molecule has 0 aliphatic carbocycles. The van der Waals surface area contributed by atoms with Crippen molar-refractivity contribution in [1.29, 1.82) is 0 Å². The van der Waals surface area contributed by atoms with Crippen LogP contribution in [0.5, 0.6) is 0 Å². The monoisotopic (exact) mass is 507 g/mol. The van der Waals surface area contributed by atoms with E-state index in [4.69, 9.17) is 4.74 Å². The minimum atomic E-state index is -2.93. The molecule has 1 heterocycles. The molecule has 0 atom stereocenters. The van der Waals surface area contributed by atoms with Gasteiger partial charge in [-0.25, -0.2) is 0 Å². The van der Waals surface area contributed by atoms with Crippen LogP contribution < -0.4 is 3.71 Å². The first-order valence-electron chi connectivity index (χ1n) is 11.2. The van der Waals surface area contributed by atoms with E-state index >= 15 is 0 Å². The first-order valence-corrected chi connectivity index (χ1v) is 18.7. The van der Waals surface area contributed by atoms with Gasteiger partial charge in [-0.15, -0.1) is 0 Å². The predicted octanol–water partition coefficient (Wildman–Crippen LogP) is 5.17. The van der Waals surface area contributed by atoms with Gasteiger partial charge in [0.05, 0.1) is 0 Å². The van der Waals surface area contributed by atoms with Crippen LogP contribution in [0.25, 0.3) is 0 Å². The van der Waals surface area contributed by atoms with Crippen LogP contribution in [-0.4, -0.2) is 46.4 Å². The van der Waals surface area contributed by atoms with Gasteiger partial charge in [-0.2, -0.15) is 0 Å². The normalized spacial score (nSPS) is 11.6. The molecular weight excluding hydrogens is 469 g/mol. The quantitative estimate of drug-likeness (QED) is 0.278. The number of unbranched alkanes of at least 4 members (excludes halogenated alkanes) is 3. The van der Waals surface area contributed by atoms with Gasteiger partial charge in [0.1, 0.15) is 0 Å². The first-order chi connectivity index (χ1) is 14.1. The zero-order valence-corrected chi connectivity index (χ0v) is 21.5. The zero-order chi connectivity index (χ0) is 21.1. The van der Waals surface area contributed by atoms with Crippen LogP contribution in [0.2, 0.25) is 13.3 Å². The van der Waals surface area contributed by atoms with E-state index in [0.717, 1.165) is 0 Å². The summed E-state index contributed by atoms with van der Waals surface area (Å²) in [6.45, 7) is 7.45. The van der Waals surface area contributed by atoms with Crippen LogP contribution in [0.4, 0.5) is 0 Å². The summed E-state index contributed by atoms with van der Waals surface area (Å²) < 4.78 is 12.2. The summed E-state index contributed by atoms with van der Waals surface area (Å²) in [5.74, 6) is -0.329. The van der Waals surface area contributed by atoms with Crippen molar-refractivity contribution in [1.82, 2.24) is 15.0 Å². The van der Waals surface area contributed by atoms with Gasteiger partial charge in [0.25, 0.3) is 0 Å². The molecule has 160 valence electrons. The standard InChI is InChI=1S/C11H10N3O2.3C4H9.Sn/c1-16-11(15)10-8-14(13-12-10)7-9-5-3-2-4-6-9;3*1-3-4-2;/h2-6H,7H2,1H3;3*1,3-4H2,2H3;. The Morgan fingerprint density at radius 1 is 0.966 bits per heavy atom. The molecule has 0 saturated heterocycles. The zero-order valence-electron chi connectivity index (χ0n) is 18.6. The van der Waals surface area contributed by atoms with Crippen molar-refractivity contribution in [3.05, 3.63) is 41.6 Å². The second kappa shape index (κ2) is 12.4. The summed E-state index contributed by atoms with van der Waals surface area (Å²) in [6.07, 6.45) is 7.22. The van der Waals surface area contributed by atoms with Crippen LogP contribution in [0, 0.1) is 0 Å². The van der Waals surface area contributed by atoms with E-state index in [1.54, 1.807) is 0 Å². The molecule has 2 rings (SSSR count). The SMILES string of the molecule is CCC[CH2][Sn]([CH2]CCC)([CH2]CCC)[c]1c(C(=O)OC)nnn1Cc1ccccc1. The number of carbonyl (C=O) groups excluding carboxylic acids is 1. The van der Waals surface area contributed by atoms with Gasteiger partial charge in [0.2, 0.25) is 0 Å². The van der Waals surface area contributed by atoms with Crippen molar-refractivity contribution in [2.75, 3.05) is 7.11 Å². The van der Waals surface area contributed by atoms with E-state index in [9.17, 15) is 4.79 Å². The molecule has 1 aromatic carbocycles. The second-order valence-electron chi connectivity index (χ2n) is 8.01. The summed E-state index contributed by atoms with van der Waals surface area (Å²) in [4.78, 5) is 12.7. The molecule has 0 fully saturated rings. The molecule has 29 heavy (non-hydrogen) atoms. The Bertz CT molecular complexity index is 724. The van der Waals surface area contributed by atoms with Crippen molar-refractivity contribution in [2.24, 2.45) is 0 Å². The van der Waals surface area contributed by atoms with E-state index in [1.165, 1.54) is 68.2 Å². The summed E-state index contributed by atoms with van der Waals surface area (Å²) in [5, 5.41) is 8.85. The van der Waals surface area contributed by atoms with Crippen LogP contribution in [-0.2, 0) is 11.3 Å². The van der Waals surface area contributed by atoms with Gasteiger partial charge in [-0.1, -0.05) is 0 Å². The third kappa shape index (κ3) is 6.30. The number of methoxy groups -OCH3 is 1. The number of aromatic nitrogens is 3. The molecule has 1 aromatic heterocycles. The summed E-state index contributed by atoms with van der Waals surface area (Å²) in [5.41, 5.74) is 1.68. The first kappa shape index (κ1) is 23.9. The molecule has 0 aliphatic rings. The average Bonchev–Trinajstić information content (AvgIpc) is 3.18. The molecular formula is C23H37N3O2Sn. The Kier molecular flexibility index (Phi) is 10.2. The van der Waals surface area contributed by atoms with E-state index in [-0.39, 0.29) is 5.97 Å². The van der Waals surface area contributed by atoms with E-state index in [2.05, 4.69) is 60.0 Å². The Balaban J connectivity index is 2.59. The van der Waals surface area contributed by atoms with E-state index < -0.39 is 18.4 Å². The molecule has 0 amide bonds. The van der Waals surface area contributed by atoms with Crippen molar-refractivity contribution >= 4 is 28.1 Å². The number of hydrogen-bond donors (Lipinski definition) is 0. The number of carbonyl (C=O) groups is 1. The van der Waals surface area contributed by atoms with Crippen LogP contribution >= 0.6 is 0 Å². The maximum absolute atomic E-state index is 12.7. The van der Waals surface area contributed by atoms with E-state index in [0.29, 0.717) is 12.2 Å². The molecule has 0 N–H and O–H groups in total. The van der Waals surface area contributed by atoms with Gasteiger partial charge in [0, 0.05) is 0 Å². The molecule has 0 aliphatic heterocycles. The fraction of sp³-hybridized carbons (Fsp3) is 0.609. The molecule has 0 saturated carbocycles. The molecule has 0 spiro atoms. The van der Waals surface area contributed by atoms with Crippen LogP contribution in [0.1, 0.15) is 75.3 Å². The summed E-state index contributed by atoms with van der Waals surface area (Å²) >= 11 is -2.93. The molecule has 2 aromatic rings. The molecule has 5 nitrogen and oxygen atoms in total. The van der Waals surface area contributed by atoms with Gasteiger partial charge >= 0.3 is 180 Å². The Morgan fingerprint density at radius 3 is 2.00 bits per heavy atom. The Labute approximate surface area is 180 Å². The maximum atomic E-state index is 12.7. The fourth-order valence-electron chi connectivity index (χ4n) is 4.21. The van der Waals surface area contributed by atoms with Crippen molar-refractivity contribution < 1.29 is 9.53 Å². The number of hydrogen-bond acceptors (Lipinski definition) is 4. The predicted molar refractivity (Wildman–Crippen MR) is 121 cm³/mol. The van der Waals surface area contributed by atoms with Crippen LogP contribution in [0.3, 0.4) is 0 Å². The number of rotatable bonds is 13. The van der Waals surface area contributed by atoms with Crippen molar-refractivity contribution in [2.45, 2.75) is 79.2 Å². The number of esters is 1. The fourth-order valence-corrected chi connectivity index (χ4v) is 21.0. The van der Waals surface area contributed by atoms with Crippen molar-refractivity contribution in [3.8, 4) is 0 Å². The molecule has 6 heteroatoms. The number of benzene rings is 1. The Morgan fingerprint density at radius 2 is 1.52 bits per heavy atom. The summed E-state index contributed by atoms with van der Waals surface area (Å²) in [6, 6.07) is 10.4. The Hall–Kier alpha value is -1.37. The topological polar surface area (TPSA) is 57.0 Å². The van der Waals surface area contributed by atoms with Gasteiger partial charge in [-0.05, 0) is 0 Å². The molecule has 0 bridgehead atoms.